The van der Waals surface area contributed by atoms with Crippen molar-refractivity contribution >= 4 is 11.4 Å². The molecule has 1 aliphatic heterocycles. The highest BCUT2D eigenvalue weighted by molar-refractivity contribution is 5.65. The van der Waals surface area contributed by atoms with Crippen LogP contribution in [0.5, 0.6) is 0 Å². The number of halogens is 3. The zero-order chi connectivity index (χ0) is 19.6. The summed E-state index contributed by atoms with van der Waals surface area (Å²) in [6.45, 7) is 1.35. The number of piperidine rings is 1. The van der Waals surface area contributed by atoms with Crippen LogP contribution in [0.25, 0.3) is 0 Å². The summed E-state index contributed by atoms with van der Waals surface area (Å²) >= 11 is 0. The van der Waals surface area contributed by atoms with Gasteiger partial charge in [-0.15, -0.1) is 0 Å². The van der Waals surface area contributed by atoms with Gasteiger partial charge in [-0.25, -0.2) is 0 Å². The van der Waals surface area contributed by atoms with Gasteiger partial charge in [0.2, 0.25) is 0 Å². The average Bonchev–Trinajstić information content (AvgIpc) is 3.09. The maximum Gasteiger partial charge on any atom is 0.416 e. The van der Waals surface area contributed by atoms with Crippen molar-refractivity contribution < 1.29 is 23.2 Å². The summed E-state index contributed by atoms with van der Waals surface area (Å²) in [5.74, 6) is 0.184. The zero-order valence-corrected chi connectivity index (χ0v) is 14.4. The van der Waals surface area contributed by atoms with Gasteiger partial charge < -0.3 is 10.0 Å². The van der Waals surface area contributed by atoms with Gasteiger partial charge in [-0.1, -0.05) is 0 Å². The number of aromatic nitrogens is 2. The van der Waals surface area contributed by atoms with Gasteiger partial charge in [0, 0.05) is 37.0 Å². The lowest BCUT2D eigenvalue weighted by atomic mass is 9.93. The number of aliphatic hydroxyl groups excluding tert-OH is 1. The predicted molar refractivity (Wildman–Crippen MR) is 91.6 cm³/mol. The Kier molecular flexibility index (Phi) is 5.36. The standard InChI is InChI=1S/C17H19F3N4O3/c18-17(19,20)13-1-2-15(16(11-13)24(26)27)22-7-4-12(5-8-22)14-3-6-21-23(14)9-10-25/h1-3,6,11-12,25H,4-5,7-10H2. The number of anilines is 1. The minimum Gasteiger partial charge on any atom is -0.394 e. The summed E-state index contributed by atoms with van der Waals surface area (Å²) in [6, 6.07) is 4.54. The van der Waals surface area contributed by atoms with Gasteiger partial charge in [0.1, 0.15) is 5.69 Å². The Morgan fingerprint density at radius 2 is 1.96 bits per heavy atom. The van der Waals surface area contributed by atoms with Crippen LogP contribution in [0.3, 0.4) is 0 Å². The summed E-state index contributed by atoms with van der Waals surface area (Å²) in [6.07, 6.45) is -1.58. The molecule has 2 aromatic rings. The van der Waals surface area contributed by atoms with Gasteiger partial charge in [0.15, 0.2) is 0 Å². The molecule has 0 bridgehead atoms. The molecule has 1 aromatic heterocycles. The molecule has 7 nitrogen and oxygen atoms in total. The summed E-state index contributed by atoms with van der Waals surface area (Å²) in [5, 5.41) is 24.6. The number of rotatable bonds is 5. The number of alkyl halides is 3. The third-order valence-electron chi connectivity index (χ3n) is 4.81. The molecule has 10 heteroatoms. The molecule has 0 spiro atoms. The number of nitrogens with zero attached hydrogens (tertiary/aromatic N) is 4. The normalized spacial score (nSPS) is 15.9. The van der Waals surface area contributed by atoms with E-state index in [1.54, 1.807) is 15.8 Å². The summed E-state index contributed by atoms with van der Waals surface area (Å²) < 4.78 is 40.3. The number of aliphatic hydroxyl groups is 1. The molecule has 3 rings (SSSR count). The molecule has 1 aromatic carbocycles. The Labute approximate surface area is 153 Å². The zero-order valence-electron chi connectivity index (χ0n) is 14.4. The maximum absolute atomic E-state index is 12.9. The molecule has 0 amide bonds. The van der Waals surface area contributed by atoms with Crippen LogP contribution < -0.4 is 4.90 Å². The van der Waals surface area contributed by atoms with E-state index in [9.17, 15) is 23.3 Å². The molecule has 0 unspecified atom stereocenters. The third kappa shape index (κ3) is 4.05. The predicted octanol–water partition coefficient (Wildman–Crippen LogP) is 3.19. The fourth-order valence-electron chi connectivity index (χ4n) is 3.50. The number of nitro benzene ring substituents is 1. The van der Waals surface area contributed by atoms with E-state index in [0.717, 1.165) is 11.8 Å². The first-order valence-corrected chi connectivity index (χ1v) is 8.54. The highest BCUT2D eigenvalue weighted by atomic mass is 19.4. The van der Waals surface area contributed by atoms with Crippen molar-refractivity contribution in [1.29, 1.82) is 0 Å². The van der Waals surface area contributed by atoms with E-state index in [1.165, 1.54) is 6.07 Å². The van der Waals surface area contributed by atoms with Crippen LogP contribution in [-0.4, -0.2) is 39.5 Å². The molecule has 1 saturated heterocycles. The molecule has 0 radical (unpaired) electrons. The first kappa shape index (κ1) is 19.2. The van der Waals surface area contributed by atoms with Crippen molar-refractivity contribution in [2.24, 2.45) is 0 Å². The smallest absolute Gasteiger partial charge is 0.394 e. The molecule has 1 N–H and O–H groups in total. The molecule has 1 aliphatic rings. The van der Waals surface area contributed by atoms with Gasteiger partial charge in [0.05, 0.1) is 23.6 Å². The second-order valence-corrected chi connectivity index (χ2v) is 6.42. The van der Waals surface area contributed by atoms with Crippen LogP contribution in [-0.2, 0) is 12.7 Å². The lowest BCUT2D eigenvalue weighted by Crippen LogP contribution is -2.34. The fourth-order valence-corrected chi connectivity index (χ4v) is 3.50. The van der Waals surface area contributed by atoms with E-state index in [0.29, 0.717) is 38.5 Å². The molecule has 2 heterocycles. The Bertz CT molecular complexity index is 814. The van der Waals surface area contributed by atoms with Crippen molar-refractivity contribution in [1.82, 2.24) is 9.78 Å². The highest BCUT2D eigenvalue weighted by Crippen LogP contribution is 2.38. The fraction of sp³-hybridized carbons (Fsp3) is 0.471. The quantitative estimate of drug-likeness (QED) is 0.632. The van der Waals surface area contributed by atoms with E-state index in [-0.39, 0.29) is 18.2 Å². The van der Waals surface area contributed by atoms with Crippen LogP contribution >= 0.6 is 0 Å². The highest BCUT2D eigenvalue weighted by Gasteiger charge is 2.34. The number of benzene rings is 1. The Balaban J connectivity index is 1.78. The number of hydrogen-bond donors (Lipinski definition) is 1. The molecule has 0 aliphatic carbocycles. The Morgan fingerprint density at radius 1 is 1.26 bits per heavy atom. The molecule has 0 saturated carbocycles. The summed E-state index contributed by atoms with van der Waals surface area (Å²) in [7, 11) is 0. The SMILES string of the molecule is O=[N+]([O-])c1cc(C(F)(F)F)ccc1N1CCC(c2ccnn2CCO)CC1. The van der Waals surface area contributed by atoms with Crippen LogP contribution in [0.15, 0.2) is 30.5 Å². The third-order valence-corrected chi connectivity index (χ3v) is 4.81. The Hall–Kier alpha value is -2.62. The maximum atomic E-state index is 12.9. The molecule has 27 heavy (non-hydrogen) atoms. The number of nitro groups is 1. The van der Waals surface area contributed by atoms with Crippen molar-refractivity contribution in [3.63, 3.8) is 0 Å². The summed E-state index contributed by atoms with van der Waals surface area (Å²) in [4.78, 5) is 12.3. The van der Waals surface area contributed by atoms with Gasteiger partial charge in [-0.05, 0) is 31.0 Å². The minimum absolute atomic E-state index is 0.0225. The van der Waals surface area contributed by atoms with Gasteiger partial charge >= 0.3 is 6.18 Å². The first-order valence-electron chi connectivity index (χ1n) is 8.54. The van der Waals surface area contributed by atoms with Crippen molar-refractivity contribution in [2.75, 3.05) is 24.6 Å². The van der Waals surface area contributed by atoms with Crippen molar-refractivity contribution in [3.8, 4) is 0 Å². The molecule has 1 fully saturated rings. The largest absolute Gasteiger partial charge is 0.416 e. The van der Waals surface area contributed by atoms with Gasteiger partial charge in [-0.2, -0.15) is 18.3 Å². The van der Waals surface area contributed by atoms with Crippen LogP contribution in [0.2, 0.25) is 0 Å². The van der Waals surface area contributed by atoms with E-state index in [2.05, 4.69) is 5.10 Å². The lowest BCUT2D eigenvalue weighted by Gasteiger charge is -2.33. The second kappa shape index (κ2) is 7.55. The molecular formula is C17H19F3N4O3. The average molecular weight is 384 g/mol. The molecule has 0 atom stereocenters. The molecular weight excluding hydrogens is 365 g/mol. The van der Waals surface area contributed by atoms with E-state index >= 15 is 0 Å². The Morgan fingerprint density at radius 3 is 2.56 bits per heavy atom. The topological polar surface area (TPSA) is 84.4 Å². The van der Waals surface area contributed by atoms with E-state index < -0.39 is 22.4 Å². The van der Waals surface area contributed by atoms with Crippen LogP contribution in [0.4, 0.5) is 24.5 Å². The van der Waals surface area contributed by atoms with E-state index in [1.807, 2.05) is 6.07 Å². The van der Waals surface area contributed by atoms with Gasteiger partial charge in [-0.3, -0.25) is 14.8 Å². The molecule has 146 valence electrons. The van der Waals surface area contributed by atoms with Crippen LogP contribution in [0.1, 0.15) is 30.0 Å². The van der Waals surface area contributed by atoms with E-state index in [4.69, 9.17) is 5.11 Å². The second-order valence-electron chi connectivity index (χ2n) is 6.42. The minimum atomic E-state index is -4.62. The first-order chi connectivity index (χ1) is 12.8. The summed E-state index contributed by atoms with van der Waals surface area (Å²) in [5.41, 5.74) is -0.365. The number of hydrogen-bond acceptors (Lipinski definition) is 5. The lowest BCUT2D eigenvalue weighted by molar-refractivity contribution is -0.384. The van der Waals surface area contributed by atoms with Crippen molar-refractivity contribution in [3.05, 3.63) is 51.8 Å². The van der Waals surface area contributed by atoms with Crippen molar-refractivity contribution in [2.45, 2.75) is 31.5 Å². The van der Waals surface area contributed by atoms with Crippen LogP contribution in [0, 0.1) is 10.1 Å². The van der Waals surface area contributed by atoms with Gasteiger partial charge in [0.25, 0.3) is 5.69 Å². The monoisotopic (exact) mass is 384 g/mol.